The van der Waals surface area contributed by atoms with Gasteiger partial charge in [-0.3, -0.25) is 9.69 Å². The average molecular weight is 345 g/mol. The lowest BCUT2D eigenvalue weighted by Crippen LogP contribution is -2.40. The number of hydrogen-bond donors (Lipinski definition) is 0. The molecule has 0 unspecified atom stereocenters. The number of likely N-dealkylation sites (tertiary alicyclic amines) is 1. The molecule has 1 amide bonds. The van der Waals surface area contributed by atoms with Crippen molar-refractivity contribution < 1.29 is 18.3 Å². The van der Waals surface area contributed by atoms with Gasteiger partial charge in [0.25, 0.3) is 5.91 Å². The van der Waals surface area contributed by atoms with Gasteiger partial charge >= 0.3 is 0 Å². The highest BCUT2D eigenvalue weighted by atomic mass is 35.5. The van der Waals surface area contributed by atoms with Crippen molar-refractivity contribution in [1.82, 2.24) is 9.80 Å². The normalized spacial score (nSPS) is 22.6. The van der Waals surface area contributed by atoms with E-state index >= 15 is 0 Å². The second kappa shape index (κ2) is 7.11. The van der Waals surface area contributed by atoms with Crippen LogP contribution in [0.15, 0.2) is 12.1 Å². The predicted octanol–water partition coefficient (Wildman–Crippen LogP) is 2.41. The van der Waals surface area contributed by atoms with Gasteiger partial charge in [0.1, 0.15) is 11.6 Å². The summed E-state index contributed by atoms with van der Waals surface area (Å²) in [6.07, 6.45) is 0.876. The molecule has 0 saturated carbocycles. The van der Waals surface area contributed by atoms with Crippen LogP contribution in [0.3, 0.4) is 0 Å². The molecule has 4 nitrogen and oxygen atoms in total. The largest absolute Gasteiger partial charge is 0.379 e. The molecule has 0 N–H and O–H groups in total. The van der Waals surface area contributed by atoms with E-state index in [0.29, 0.717) is 19.0 Å². The summed E-state index contributed by atoms with van der Waals surface area (Å²) in [5.74, 6) is -1.67. The van der Waals surface area contributed by atoms with Crippen LogP contribution in [0.4, 0.5) is 8.78 Å². The molecule has 0 aliphatic carbocycles. The minimum Gasteiger partial charge on any atom is -0.379 e. The lowest BCUT2D eigenvalue weighted by Gasteiger charge is -2.29. The number of benzene rings is 1. The number of halogens is 3. The van der Waals surface area contributed by atoms with E-state index in [2.05, 4.69) is 4.90 Å². The van der Waals surface area contributed by atoms with E-state index in [1.165, 1.54) is 0 Å². The van der Waals surface area contributed by atoms with Gasteiger partial charge in [-0.15, -0.1) is 0 Å². The van der Waals surface area contributed by atoms with Crippen LogP contribution in [0.1, 0.15) is 16.8 Å². The van der Waals surface area contributed by atoms with Crippen LogP contribution in [0.2, 0.25) is 5.02 Å². The Labute approximate surface area is 138 Å². The molecule has 0 radical (unpaired) electrons. The van der Waals surface area contributed by atoms with Gasteiger partial charge in [-0.2, -0.15) is 0 Å². The molecule has 23 heavy (non-hydrogen) atoms. The van der Waals surface area contributed by atoms with E-state index in [-0.39, 0.29) is 10.6 Å². The average Bonchev–Trinajstić information content (AvgIpc) is 3.00. The summed E-state index contributed by atoms with van der Waals surface area (Å²) in [4.78, 5) is 16.3. The first-order valence-corrected chi connectivity index (χ1v) is 8.16. The zero-order chi connectivity index (χ0) is 16.4. The lowest BCUT2D eigenvalue weighted by molar-refractivity contribution is 0.0310. The van der Waals surface area contributed by atoms with Gasteiger partial charge in [-0.25, -0.2) is 8.78 Å². The highest BCUT2D eigenvalue weighted by molar-refractivity contribution is 6.30. The van der Waals surface area contributed by atoms with E-state index in [1.54, 1.807) is 4.90 Å². The quantitative estimate of drug-likeness (QED) is 0.789. The van der Waals surface area contributed by atoms with Crippen LogP contribution >= 0.6 is 11.6 Å². The summed E-state index contributed by atoms with van der Waals surface area (Å²) in [6, 6.07) is 1.74. The van der Waals surface area contributed by atoms with Crippen molar-refractivity contribution >= 4 is 17.5 Å². The van der Waals surface area contributed by atoms with Crippen molar-refractivity contribution in [3.05, 3.63) is 34.4 Å². The number of morpholine rings is 1. The molecule has 126 valence electrons. The summed E-state index contributed by atoms with van der Waals surface area (Å²) in [6.45, 7) is 5.33. The van der Waals surface area contributed by atoms with E-state index in [1.807, 2.05) is 0 Å². The zero-order valence-electron chi connectivity index (χ0n) is 12.7. The first kappa shape index (κ1) is 16.6. The molecule has 2 aliphatic heterocycles. The molecule has 0 aromatic heterocycles. The van der Waals surface area contributed by atoms with Crippen LogP contribution < -0.4 is 0 Å². The van der Waals surface area contributed by atoms with Gasteiger partial charge in [0.05, 0.1) is 23.8 Å². The molecule has 2 fully saturated rings. The molecule has 7 heteroatoms. The second-order valence-corrected chi connectivity index (χ2v) is 6.47. The highest BCUT2D eigenvalue weighted by Gasteiger charge is 2.30. The number of ether oxygens (including phenoxy) is 1. The van der Waals surface area contributed by atoms with Crippen LogP contribution in [0.25, 0.3) is 0 Å². The molecule has 1 atom stereocenters. The van der Waals surface area contributed by atoms with Crippen molar-refractivity contribution in [2.75, 3.05) is 45.9 Å². The number of rotatable bonds is 3. The summed E-state index contributed by atoms with van der Waals surface area (Å²) in [5, 5.41) is -0.314. The molecule has 0 spiro atoms. The molecule has 2 heterocycles. The van der Waals surface area contributed by atoms with Crippen molar-refractivity contribution in [3.63, 3.8) is 0 Å². The van der Waals surface area contributed by atoms with Crippen molar-refractivity contribution in [1.29, 1.82) is 0 Å². The van der Waals surface area contributed by atoms with E-state index in [4.69, 9.17) is 16.3 Å². The van der Waals surface area contributed by atoms with E-state index in [9.17, 15) is 13.6 Å². The molecule has 2 saturated heterocycles. The van der Waals surface area contributed by atoms with E-state index in [0.717, 1.165) is 51.4 Å². The van der Waals surface area contributed by atoms with Crippen molar-refractivity contribution in [2.24, 2.45) is 5.92 Å². The molecular weight excluding hydrogens is 326 g/mol. The second-order valence-electron chi connectivity index (χ2n) is 6.07. The zero-order valence-corrected chi connectivity index (χ0v) is 13.5. The molecule has 3 rings (SSSR count). The van der Waals surface area contributed by atoms with Gasteiger partial charge in [0, 0.05) is 32.7 Å². The fourth-order valence-corrected chi connectivity index (χ4v) is 3.32. The Bertz CT molecular complexity index is 594. The summed E-state index contributed by atoms with van der Waals surface area (Å²) < 4.78 is 32.7. The van der Waals surface area contributed by atoms with Gasteiger partial charge in [-0.05, 0) is 24.5 Å². The highest BCUT2D eigenvalue weighted by Crippen LogP contribution is 2.24. The fourth-order valence-electron chi connectivity index (χ4n) is 3.17. The van der Waals surface area contributed by atoms with Gasteiger partial charge in [0.15, 0.2) is 0 Å². The third kappa shape index (κ3) is 3.82. The Hall–Kier alpha value is -1.24. The predicted molar refractivity (Wildman–Crippen MR) is 82.6 cm³/mol. The third-order valence-electron chi connectivity index (χ3n) is 4.43. The summed E-state index contributed by atoms with van der Waals surface area (Å²) in [5.41, 5.74) is -0.251. The first-order chi connectivity index (χ1) is 11.0. The van der Waals surface area contributed by atoms with Gasteiger partial charge < -0.3 is 9.64 Å². The van der Waals surface area contributed by atoms with Crippen molar-refractivity contribution in [2.45, 2.75) is 6.42 Å². The standard InChI is InChI=1S/C16H19ClF2N2O2/c17-13-8-14(18)12(7-15(13)19)16(22)21-2-1-11(10-21)9-20-3-5-23-6-4-20/h7-8,11H,1-6,9-10H2/t11-/m0/s1. The Kier molecular flexibility index (Phi) is 5.14. The van der Waals surface area contributed by atoms with Gasteiger partial charge in [0.2, 0.25) is 0 Å². The summed E-state index contributed by atoms with van der Waals surface area (Å²) in [7, 11) is 0. The molecular formula is C16H19ClF2N2O2. The maximum atomic E-state index is 13.9. The minimum absolute atomic E-state index is 0.251. The Morgan fingerprint density at radius 3 is 2.70 bits per heavy atom. The molecule has 1 aromatic carbocycles. The van der Waals surface area contributed by atoms with Crippen LogP contribution in [0.5, 0.6) is 0 Å². The monoisotopic (exact) mass is 344 g/mol. The summed E-state index contributed by atoms with van der Waals surface area (Å²) >= 11 is 5.53. The van der Waals surface area contributed by atoms with Gasteiger partial charge in [-0.1, -0.05) is 11.6 Å². The fraction of sp³-hybridized carbons (Fsp3) is 0.562. The number of amides is 1. The van der Waals surface area contributed by atoms with Crippen LogP contribution in [-0.4, -0.2) is 61.6 Å². The topological polar surface area (TPSA) is 32.8 Å². The maximum Gasteiger partial charge on any atom is 0.256 e. The van der Waals surface area contributed by atoms with E-state index < -0.39 is 17.5 Å². The number of nitrogens with zero attached hydrogens (tertiary/aromatic N) is 2. The molecule has 1 aromatic rings. The first-order valence-electron chi connectivity index (χ1n) is 7.78. The lowest BCUT2D eigenvalue weighted by atomic mass is 10.1. The van der Waals surface area contributed by atoms with Crippen LogP contribution in [0, 0.1) is 17.6 Å². The molecule has 2 aliphatic rings. The third-order valence-corrected chi connectivity index (χ3v) is 4.72. The SMILES string of the molecule is O=C(c1cc(F)c(Cl)cc1F)N1CC[C@@H](CN2CCOCC2)C1. The Morgan fingerprint density at radius 2 is 1.96 bits per heavy atom. The minimum atomic E-state index is -0.780. The Balaban J connectivity index is 1.62. The smallest absolute Gasteiger partial charge is 0.256 e. The van der Waals surface area contributed by atoms with Crippen molar-refractivity contribution in [3.8, 4) is 0 Å². The number of carbonyl (C=O) groups is 1. The van der Waals surface area contributed by atoms with Crippen LogP contribution in [-0.2, 0) is 4.74 Å². The number of carbonyl (C=O) groups excluding carboxylic acids is 1. The number of hydrogen-bond acceptors (Lipinski definition) is 3. The maximum absolute atomic E-state index is 13.9. The molecule has 0 bridgehead atoms. The Morgan fingerprint density at radius 1 is 1.22 bits per heavy atom.